The fraction of sp³-hybridized carbons (Fsp3) is 0.435. The van der Waals surface area contributed by atoms with Gasteiger partial charge in [0, 0.05) is 37.9 Å². The van der Waals surface area contributed by atoms with Crippen molar-refractivity contribution in [1.82, 2.24) is 15.1 Å². The van der Waals surface area contributed by atoms with Crippen molar-refractivity contribution in [2.75, 3.05) is 19.7 Å². The van der Waals surface area contributed by atoms with Crippen LogP contribution in [0.3, 0.4) is 0 Å². The second-order valence-electron chi connectivity index (χ2n) is 7.85. The second kappa shape index (κ2) is 8.93. The summed E-state index contributed by atoms with van der Waals surface area (Å²) in [6.45, 7) is 3.17. The predicted octanol–water partition coefficient (Wildman–Crippen LogP) is 2.17. The first-order valence-corrected chi connectivity index (χ1v) is 10.6. The van der Waals surface area contributed by atoms with Crippen molar-refractivity contribution in [2.24, 2.45) is 0 Å². The summed E-state index contributed by atoms with van der Waals surface area (Å²) in [5, 5.41) is 2.85. The van der Waals surface area contributed by atoms with Crippen LogP contribution < -0.4 is 5.32 Å². The van der Waals surface area contributed by atoms with Gasteiger partial charge in [-0.05, 0) is 24.3 Å². The number of furan rings is 1. The Morgan fingerprint density at radius 2 is 1.84 bits per heavy atom. The lowest BCUT2D eigenvalue weighted by Crippen LogP contribution is -2.59. The van der Waals surface area contributed by atoms with E-state index < -0.39 is 11.8 Å². The lowest BCUT2D eigenvalue weighted by molar-refractivity contribution is -0.143. The number of nitrogens with zero attached hydrogens (tertiary/aromatic N) is 2. The highest BCUT2D eigenvalue weighted by Gasteiger charge is 2.54. The van der Waals surface area contributed by atoms with Crippen molar-refractivity contribution in [2.45, 2.75) is 44.5 Å². The number of rotatable bonds is 5. The Labute approximate surface area is 181 Å². The van der Waals surface area contributed by atoms with Crippen LogP contribution in [-0.2, 0) is 20.9 Å². The van der Waals surface area contributed by atoms with Crippen LogP contribution in [0.4, 0.5) is 0 Å². The van der Waals surface area contributed by atoms with E-state index in [1.165, 1.54) is 0 Å². The van der Waals surface area contributed by atoms with E-state index in [9.17, 15) is 14.4 Å². The van der Waals surface area contributed by atoms with Crippen molar-refractivity contribution < 1.29 is 23.5 Å². The first kappa shape index (κ1) is 21.1. The van der Waals surface area contributed by atoms with Crippen LogP contribution in [-0.4, -0.2) is 59.0 Å². The molecular weight excluding hydrogens is 398 g/mol. The molecule has 2 saturated heterocycles. The third-order valence-corrected chi connectivity index (χ3v) is 6.02. The molecule has 4 rings (SSSR count). The average molecular weight is 425 g/mol. The van der Waals surface area contributed by atoms with Gasteiger partial charge in [-0.3, -0.25) is 19.3 Å². The third-order valence-electron chi connectivity index (χ3n) is 6.02. The van der Waals surface area contributed by atoms with Gasteiger partial charge in [0.05, 0.1) is 19.4 Å². The zero-order valence-corrected chi connectivity index (χ0v) is 17.6. The number of ether oxygens (including phenoxy) is 1. The van der Waals surface area contributed by atoms with Crippen LogP contribution in [0.1, 0.15) is 42.3 Å². The number of likely N-dealkylation sites (tertiary alicyclic amines) is 1. The summed E-state index contributed by atoms with van der Waals surface area (Å²) in [4.78, 5) is 42.0. The summed E-state index contributed by atoms with van der Waals surface area (Å²) in [6.07, 6.45) is 2.93. The minimum atomic E-state index is -0.899. The van der Waals surface area contributed by atoms with Crippen LogP contribution in [0.15, 0.2) is 53.1 Å². The van der Waals surface area contributed by atoms with Crippen LogP contribution in [0.5, 0.6) is 0 Å². The number of piperidine rings is 1. The molecule has 3 amide bonds. The van der Waals surface area contributed by atoms with Crippen LogP contribution in [0, 0.1) is 0 Å². The first-order valence-electron chi connectivity index (χ1n) is 10.6. The maximum absolute atomic E-state index is 13.5. The van der Waals surface area contributed by atoms with Crippen LogP contribution in [0.2, 0.25) is 0 Å². The van der Waals surface area contributed by atoms with Crippen molar-refractivity contribution in [3.05, 3.63) is 60.1 Å². The quantitative estimate of drug-likeness (QED) is 0.793. The molecule has 1 aromatic carbocycles. The Kier molecular flexibility index (Phi) is 6.08. The number of benzene rings is 1. The van der Waals surface area contributed by atoms with E-state index >= 15 is 0 Å². The number of carbonyl (C=O) groups is 3. The molecule has 0 bridgehead atoms. The molecule has 1 N–H and O–H groups in total. The summed E-state index contributed by atoms with van der Waals surface area (Å²) in [6, 6.07) is 11.7. The van der Waals surface area contributed by atoms with Gasteiger partial charge in [-0.15, -0.1) is 0 Å². The van der Waals surface area contributed by atoms with Gasteiger partial charge >= 0.3 is 0 Å². The second-order valence-corrected chi connectivity index (χ2v) is 7.85. The summed E-state index contributed by atoms with van der Waals surface area (Å²) in [5.41, 5.74) is -0.396. The Morgan fingerprint density at radius 1 is 1.10 bits per heavy atom. The topological polar surface area (TPSA) is 92.1 Å². The van der Waals surface area contributed by atoms with E-state index in [-0.39, 0.29) is 30.9 Å². The van der Waals surface area contributed by atoms with Gasteiger partial charge in [0.2, 0.25) is 11.8 Å². The maximum atomic E-state index is 13.5. The van der Waals surface area contributed by atoms with Gasteiger partial charge in [-0.2, -0.15) is 0 Å². The van der Waals surface area contributed by atoms with Gasteiger partial charge in [-0.1, -0.05) is 25.1 Å². The molecule has 1 spiro atoms. The Morgan fingerprint density at radius 3 is 2.48 bits per heavy atom. The van der Waals surface area contributed by atoms with Crippen molar-refractivity contribution in [1.29, 1.82) is 0 Å². The standard InChI is InChI=1S/C23H27N3O5/c1-2-20(27)25-12-10-23(11-13-25)26(22(29)17-7-4-3-5-8-17)19(16-31-23)21(28)24-15-18-9-6-14-30-18/h3-9,14,19H,2,10-13,15-16H2,1H3,(H,24,28). The van der Waals surface area contributed by atoms with Crippen LogP contribution >= 0.6 is 0 Å². The highest BCUT2D eigenvalue weighted by Crippen LogP contribution is 2.38. The molecule has 2 aliphatic heterocycles. The van der Waals surface area contributed by atoms with Gasteiger partial charge in [0.1, 0.15) is 17.5 Å². The van der Waals surface area contributed by atoms with Gasteiger partial charge in [-0.25, -0.2) is 0 Å². The van der Waals surface area contributed by atoms with E-state index in [1.807, 2.05) is 13.0 Å². The first-order chi connectivity index (χ1) is 15.0. The van der Waals surface area contributed by atoms with E-state index in [0.29, 0.717) is 43.7 Å². The number of hydrogen-bond acceptors (Lipinski definition) is 5. The molecule has 1 unspecified atom stereocenters. The summed E-state index contributed by atoms with van der Waals surface area (Å²) in [5.74, 6) is 0.187. The molecule has 8 heteroatoms. The molecule has 31 heavy (non-hydrogen) atoms. The highest BCUT2D eigenvalue weighted by molar-refractivity contribution is 5.98. The Hall–Kier alpha value is -3.13. The molecule has 2 aromatic rings. The van der Waals surface area contributed by atoms with Crippen LogP contribution in [0.25, 0.3) is 0 Å². The Balaban J connectivity index is 1.56. The monoisotopic (exact) mass is 425 g/mol. The number of hydrogen-bond donors (Lipinski definition) is 1. The molecule has 0 saturated carbocycles. The van der Waals surface area contributed by atoms with Crippen molar-refractivity contribution >= 4 is 17.7 Å². The molecule has 1 aromatic heterocycles. The zero-order chi connectivity index (χ0) is 21.8. The molecule has 1 atom stereocenters. The summed E-state index contributed by atoms with van der Waals surface area (Å²) < 4.78 is 11.4. The molecule has 3 heterocycles. The maximum Gasteiger partial charge on any atom is 0.256 e. The van der Waals surface area contributed by atoms with Crippen molar-refractivity contribution in [3.63, 3.8) is 0 Å². The molecular formula is C23H27N3O5. The summed E-state index contributed by atoms with van der Waals surface area (Å²) >= 11 is 0. The molecule has 0 radical (unpaired) electrons. The molecule has 8 nitrogen and oxygen atoms in total. The SMILES string of the molecule is CCC(=O)N1CCC2(CC1)OCC(C(=O)NCc1ccco1)N2C(=O)c1ccccc1. The van der Waals surface area contributed by atoms with Crippen molar-refractivity contribution in [3.8, 4) is 0 Å². The minimum Gasteiger partial charge on any atom is -0.467 e. The third kappa shape index (κ3) is 4.20. The highest BCUT2D eigenvalue weighted by atomic mass is 16.5. The number of amides is 3. The smallest absolute Gasteiger partial charge is 0.256 e. The molecule has 2 aliphatic rings. The minimum absolute atomic E-state index is 0.0847. The largest absolute Gasteiger partial charge is 0.467 e. The van der Waals surface area contributed by atoms with E-state index in [0.717, 1.165) is 0 Å². The molecule has 0 aliphatic carbocycles. The fourth-order valence-corrected chi connectivity index (χ4v) is 4.32. The zero-order valence-electron chi connectivity index (χ0n) is 17.6. The lowest BCUT2D eigenvalue weighted by atomic mass is 9.96. The van der Waals surface area contributed by atoms with E-state index in [2.05, 4.69) is 5.32 Å². The summed E-state index contributed by atoms with van der Waals surface area (Å²) in [7, 11) is 0. The van der Waals surface area contributed by atoms with Gasteiger partial charge in [0.25, 0.3) is 5.91 Å². The fourth-order valence-electron chi connectivity index (χ4n) is 4.32. The molecule has 2 fully saturated rings. The van der Waals surface area contributed by atoms with E-state index in [4.69, 9.17) is 9.15 Å². The van der Waals surface area contributed by atoms with E-state index in [1.54, 1.807) is 52.5 Å². The molecule has 164 valence electrons. The normalized spacial score (nSPS) is 20.1. The Bertz CT molecular complexity index is 920. The number of carbonyl (C=O) groups excluding carboxylic acids is 3. The predicted molar refractivity (Wildman–Crippen MR) is 112 cm³/mol. The average Bonchev–Trinajstić information content (AvgIpc) is 3.46. The van der Waals surface area contributed by atoms with Gasteiger partial charge < -0.3 is 19.4 Å². The van der Waals surface area contributed by atoms with Gasteiger partial charge in [0.15, 0.2) is 0 Å². The number of nitrogens with one attached hydrogen (secondary N) is 1. The lowest BCUT2D eigenvalue weighted by Gasteiger charge is -2.44.